The van der Waals surface area contributed by atoms with Crippen molar-refractivity contribution in [2.24, 2.45) is 0 Å². The third-order valence-electron chi connectivity index (χ3n) is 3.16. The minimum Gasteiger partial charge on any atom is -0.491 e. The normalized spacial score (nSPS) is 17.7. The molecule has 118 valence electrons. The lowest BCUT2D eigenvalue weighted by Gasteiger charge is -2.23. The molecule has 1 aromatic rings. The molecule has 1 saturated heterocycles. The molecule has 0 aromatic heterocycles. The van der Waals surface area contributed by atoms with E-state index >= 15 is 0 Å². The fourth-order valence-electron chi connectivity index (χ4n) is 2.12. The molecule has 0 unspecified atom stereocenters. The number of amides is 1. The van der Waals surface area contributed by atoms with Crippen molar-refractivity contribution in [2.45, 2.75) is 25.3 Å². The van der Waals surface area contributed by atoms with Gasteiger partial charge in [-0.15, -0.1) is 12.4 Å². The molecule has 0 spiro atoms. The van der Waals surface area contributed by atoms with Crippen LogP contribution in [0.3, 0.4) is 0 Å². The lowest BCUT2D eigenvalue weighted by atomic mass is 10.1. The second-order valence-corrected chi connectivity index (χ2v) is 5.55. The monoisotopic (exact) mass is 352 g/mol. The molecular weight excluding hydrogens is 335 g/mol. The summed E-state index contributed by atoms with van der Waals surface area (Å²) in [6.07, 6.45) is 2.43. The van der Waals surface area contributed by atoms with Gasteiger partial charge in [-0.2, -0.15) is 0 Å². The Labute approximate surface area is 140 Å². The first-order valence-corrected chi connectivity index (χ1v) is 7.49. The van der Waals surface area contributed by atoms with Gasteiger partial charge in [0.25, 0.3) is 0 Å². The van der Waals surface area contributed by atoms with Crippen LogP contribution in [0.25, 0.3) is 0 Å². The van der Waals surface area contributed by atoms with Crippen LogP contribution in [0.4, 0.5) is 0 Å². The highest BCUT2D eigenvalue weighted by atomic mass is 35.5. The molecule has 1 fully saturated rings. The Hall–Kier alpha value is -0.680. The molecule has 1 aliphatic heterocycles. The van der Waals surface area contributed by atoms with E-state index in [0.29, 0.717) is 22.2 Å². The van der Waals surface area contributed by atoms with Gasteiger partial charge in [0, 0.05) is 12.6 Å². The summed E-state index contributed by atoms with van der Waals surface area (Å²) < 4.78 is 5.48. The lowest BCUT2D eigenvalue weighted by Crippen LogP contribution is -2.45. The number of carbonyl (C=O) groups is 1. The summed E-state index contributed by atoms with van der Waals surface area (Å²) in [6.45, 7) is 2.15. The summed E-state index contributed by atoms with van der Waals surface area (Å²) in [7, 11) is 0. The fraction of sp³-hybridized carbons (Fsp3) is 0.500. The summed E-state index contributed by atoms with van der Waals surface area (Å²) in [6, 6.07) is 5.42. The molecule has 0 aliphatic carbocycles. The molecule has 1 amide bonds. The van der Waals surface area contributed by atoms with E-state index in [0.717, 1.165) is 25.9 Å². The second kappa shape index (κ2) is 9.36. The Morgan fingerprint density at radius 3 is 2.95 bits per heavy atom. The average Bonchev–Trinajstić information content (AvgIpc) is 2.44. The van der Waals surface area contributed by atoms with E-state index in [-0.39, 0.29) is 31.0 Å². The van der Waals surface area contributed by atoms with Crippen molar-refractivity contribution in [3.8, 4) is 5.75 Å². The average molecular weight is 354 g/mol. The molecule has 1 atom stereocenters. The molecule has 1 aliphatic rings. The maximum atomic E-state index is 11.8. The van der Waals surface area contributed by atoms with Crippen LogP contribution >= 0.6 is 35.6 Å². The van der Waals surface area contributed by atoms with Crippen molar-refractivity contribution >= 4 is 41.5 Å². The summed E-state index contributed by atoms with van der Waals surface area (Å²) in [5.74, 6) is 0.503. The SMILES string of the molecule is Cl.O=C(CCOc1cccc(Cl)c1Cl)N[C@H]1CCCNC1. The van der Waals surface area contributed by atoms with E-state index in [1.807, 2.05) is 0 Å². The van der Waals surface area contributed by atoms with Crippen LogP contribution in [-0.4, -0.2) is 31.6 Å². The Bertz CT molecular complexity index is 466. The summed E-state index contributed by atoms with van der Waals surface area (Å²) >= 11 is 11.9. The number of hydrogen-bond donors (Lipinski definition) is 2. The summed E-state index contributed by atoms with van der Waals surface area (Å²) in [5, 5.41) is 7.08. The molecular formula is C14H19Cl3N2O2. The first-order valence-electron chi connectivity index (χ1n) is 6.73. The van der Waals surface area contributed by atoms with E-state index in [1.54, 1.807) is 18.2 Å². The minimum atomic E-state index is -0.00292. The van der Waals surface area contributed by atoms with Crippen molar-refractivity contribution < 1.29 is 9.53 Å². The lowest BCUT2D eigenvalue weighted by molar-refractivity contribution is -0.122. The van der Waals surface area contributed by atoms with Crippen LogP contribution in [0.5, 0.6) is 5.75 Å². The van der Waals surface area contributed by atoms with Gasteiger partial charge >= 0.3 is 0 Å². The van der Waals surface area contributed by atoms with Crippen LogP contribution < -0.4 is 15.4 Å². The number of piperidine rings is 1. The van der Waals surface area contributed by atoms with Crippen molar-refractivity contribution in [2.75, 3.05) is 19.7 Å². The standard InChI is InChI=1S/C14H18Cl2N2O2.ClH/c15-11-4-1-5-12(14(11)16)20-8-6-13(19)18-10-3-2-7-17-9-10;/h1,4-5,10,17H,2-3,6-9H2,(H,18,19);1H/t10-;/m0./s1. The molecule has 2 rings (SSSR count). The molecule has 4 nitrogen and oxygen atoms in total. The van der Waals surface area contributed by atoms with Gasteiger partial charge in [-0.1, -0.05) is 29.3 Å². The predicted molar refractivity (Wildman–Crippen MR) is 87.9 cm³/mol. The Balaban J connectivity index is 0.00000220. The Morgan fingerprint density at radius 2 is 2.24 bits per heavy atom. The van der Waals surface area contributed by atoms with Gasteiger partial charge < -0.3 is 15.4 Å². The number of nitrogens with one attached hydrogen (secondary N) is 2. The topological polar surface area (TPSA) is 50.4 Å². The Morgan fingerprint density at radius 1 is 1.43 bits per heavy atom. The van der Waals surface area contributed by atoms with Crippen molar-refractivity contribution in [3.63, 3.8) is 0 Å². The fourth-order valence-corrected chi connectivity index (χ4v) is 2.47. The van der Waals surface area contributed by atoms with Crippen LogP contribution in [0, 0.1) is 0 Å². The smallest absolute Gasteiger partial charge is 0.223 e. The number of ether oxygens (including phenoxy) is 1. The van der Waals surface area contributed by atoms with Gasteiger partial charge in [0.2, 0.25) is 5.91 Å². The molecule has 1 aromatic carbocycles. The first-order chi connectivity index (χ1) is 9.66. The van der Waals surface area contributed by atoms with Crippen molar-refractivity contribution in [1.82, 2.24) is 10.6 Å². The number of benzene rings is 1. The zero-order valence-corrected chi connectivity index (χ0v) is 13.9. The maximum Gasteiger partial charge on any atom is 0.223 e. The quantitative estimate of drug-likeness (QED) is 0.855. The van der Waals surface area contributed by atoms with Gasteiger partial charge in [0.05, 0.1) is 18.1 Å². The highest BCUT2D eigenvalue weighted by molar-refractivity contribution is 6.42. The Kier molecular flexibility index (Phi) is 8.19. The zero-order chi connectivity index (χ0) is 14.4. The van der Waals surface area contributed by atoms with Crippen molar-refractivity contribution in [3.05, 3.63) is 28.2 Å². The molecule has 1 heterocycles. The predicted octanol–water partition coefficient (Wildman–Crippen LogP) is 3.05. The zero-order valence-electron chi connectivity index (χ0n) is 11.5. The number of rotatable bonds is 5. The van der Waals surface area contributed by atoms with Gasteiger partial charge in [-0.3, -0.25) is 4.79 Å². The highest BCUT2D eigenvalue weighted by Crippen LogP contribution is 2.31. The number of hydrogen-bond acceptors (Lipinski definition) is 3. The largest absolute Gasteiger partial charge is 0.491 e. The highest BCUT2D eigenvalue weighted by Gasteiger charge is 2.15. The molecule has 2 N–H and O–H groups in total. The maximum absolute atomic E-state index is 11.8. The van der Waals surface area contributed by atoms with Gasteiger partial charge in [0.1, 0.15) is 10.8 Å². The molecule has 21 heavy (non-hydrogen) atoms. The number of halogens is 3. The van der Waals surface area contributed by atoms with Crippen LogP contribution in [0.15, 0.2) is 18.2 Å². The van der Waals surface area contributed by atoms with Crippen LogP contribution in [-0.2, 0) is 4.79 Å². The summed E-state index contributed by atoms with van der Waals surface area (Å²) in [4.78, 5) is 11.8. The number of carbonyl (C=O) groups excluding carboxylic acids is 1. The molecule has 0 bridgehead atoms. The minimum absolute atomic E-state index is 0. The van der Waals surface area contributed by atoms with E-state index in [2.05, 4.69) is 10.6 Å². The van der Waals surface area contributed by atoms with E-state index < -0.39 is 0 Å². The summed E-state index contributed by atoms with van der Waals surface area (Å²) in [5.41, 5.74) is 0. The first kappa shape index (κ1) is 18.4. The molecule has 0 radical (unpaired) electrons. The van der Waals surface area contributed by atoms with E-state index in [9.17, 15) is 4.79 Å². The molecule has 7 heteroatoms. The van der Waals surface area contributed by atoms with Crippen LogP contribution in [0.2, 0.25) is 10.0 Å². The van der Waals surface area contributed by atoms with Gasteiger partial charge in [0.15, 0.2) is 0 Å². The van der Waals surface area contributed by atoms with Gasteiger partial charge in [-0.25, -0.2) is 0 Å². The molecule has 0 saturated carbocycles. The van der Waals surface area contributed by atoms with Crippen LogP contribution in [0.1, 0.15) is 19.3 Å². The second-order valence-electron chi connectivity index (χ2n) is 4.76. The van der Waals surface area contributed by atoms with Gasteiger partial charge in [-0.05, 0) is 31.5 Å². The van der Waals surface area contributed by atoms with E-state index in [1.165, 1.54) is 0 Å². The van der Waals surface area contributed by atoms with Crippen molar-refractivity contribution in [1.29, 1.82) is 0 Å². The third kappa shape index (κ3) is 5.91. The van der Waals surface area contributed by atoms with E-state index in [4.69, 9.17) is 27.9 Å². The third-order valence-corrected chi connectivity index (χ3v) is 3.97.